The third kappa shape index (κ3) is 4.48. The zero-order valence-corrected chi connectivity index (χ0v) is 10.1. The first-order valence-electron chi connectivity index (χ1n) is 5.19. The fourth-order valence-corrected chi connectivity index (χ4v) is 2.12. The molecule has 0 aliphatic heterocycles. The van der Waals surface area contributed by atoms with Crippen LogP contribution >= 0.6 is 11.8 Å². The van der Waals surface area contributed by atoms with Gasteiger partial charge in [0.2, 0.25) is 0 Å². The number of nitrogens with zero attached hydrogens (tertiary/aromatic N) is 3. The second-order valence-corrected chi connectivity index (χ2v) is 4.27. The molecule has 0 aliphatic carbocycles. The van der Waals surface area contributed by atoms with Gasteiger partial charge in [-0.3, -0.25) is 4.98 Å². The van der Waals surface area contributed by atoms with E-state index < -0.39 is 0 Å². The maximum Gasteiger partial charge on any atom is 0.143 e. The van der Waals surface area contributed by atoms with Crippen LogP contribution < -0.4 is 5.73 Å². The van der Waals surface area contributed by atoms with Crippen LogP contribution in [0.2, 0.25) is 0 Å². The third-order valence-corrected chi connectivity index (χ3v) is 3.06. The Balaban J connectivity index is 2.31. The summed E-state index contributed by atoms with van der Waals surface area (Å²) in [6.07, 6.45) is 3.32. The minimum absolute atomic E-state index is 0.489. The molecule has 1 aromatic heterocycles. The van der Waals surface area contributed by atoms with E-state index in [0.717, 1.165) is 30.4 Å². The molecule has 0 saturated heterocycles. The molecule has 2 N–H and O–H groups in total. The molecule has 0 aliphatic rings. The van der Waals surface area contributed by atoms with Gasteiger partial charge >= 0.3 is 0 Å². The Morgan fingerprint density at radius 3 is 2.67 bits per heavy atom. The molecule has 0 bridgehead atoms. The molecule has 1 aromatic rings. The number of rotatable bonds is 6. The van der Waals surface area contributed by atoms with E-state index in [9.17, 15) is 0 Å². The molecular formula is C10H18N4S. The summed E-state index contributed by atoms with van der Waals surface area (Å²) in [7, 11) is 0. The molecule has 0 saturated carbocycles. The van der Waals surface area contributed by atoms with Crippen LogP contribution in [0.4, 0.5) is 5.82 Å². The number of nitrogens with two attached hydrogens (primary N) is 1. The van der Waals surface area contributed by atoms with Gasteiger partial charge in [0.1, 0.15) is 10.8 Å². The van der Waals surface area contributed by atoms with Gasteiger partial charge in [0.25, 0.3) is 0 Å². The second kappa shape index (κ2) is 6.63. The lowest BCUT2D eigenvalue weighted by atomic mass is 10.5. The fraction of sp³-hybridized carbons (Fsp3) is 0.600. The maximum absolute atomic E-state index is 5.55. The molecule has 5 heteroatoms. The quantitative estimate of drug-likeness (QED) is 0.745. The maximum atomic E-state index is 5.55. The van der Waals surface area contributed by atoms with Gasteiger partial charge < -0.3 is 10.6 Å². The first-order valence-corrected chi connectivity index (χ1v) is 6.17. The Hall–Kier alpha value is -0.810. The van der Waals surface area contributed by atoms with Crippen molar-refractivity contribution in [3.8, 4) is 0 Å². The topological polar surface area (TPSA) is 55.0 Å². The summed E-state index contributed by atoms with van der Waals surface area (Å²) in [5.74, 6) is 1.52. The number of hydrogen-bond acceptors (Lipinski definition) is 5. The Labute approximate surface area is 95.3 Å². The highest BCUT2D eigenvalue weighted by atomic mass is 32.2. The van der Waals surface area contributed by atoms with Gasteiger partial charge in [-0.05, 0) is 13.1 Å². The second-order valence-electron chi connectivity index (χ2n) is 3.16. The van der Waals surface area contributed by atoms with E-state index in [0.29, 0.717) is 5.82 Å². The van der Waals surface area contributed by atoms with Crippen LogP contribution in [0, 0.1) is 0 Å². The minimum atomic E-state index is 0.489. The van der Waals surface area contributed by atoms with Crippen LogP contribution in [0.5, 0.6) is 0 Å². The van der Waals surface area contributed by atoms with E-state index in [1.54, 1.807) is 24.2 Å². The lowest BCUT2D eigenvalue weighted by Gasteiger charge is -2.16. The van der Waals surface area contributed by atoms with Gasteiger partial charge in [-0.1, -0.05) is 13.8 Å². The number of anilines is 1. The van der Waals surface area contributed by atoms with Gasteiger partial charge in [-0.15, -0.1) is 11.8 Å². The Morgan fingerprint density at radius 1 is 1.33 bits per heavy atom. The van der Waals surface area contributed by atoms with Crippen LogP contribution in [0.1, 0.15) is 13.8 Å². The van der Waals surface area contributed by atoms with Crippen molar-refractivity contribution >= 4 is 17.6 Å². The predicted molar refractivity (Wildman–Crippen MR) is 65.0 cm³/mol. The van der Waals surface area contributed by atoms with E-state index in [4.69, 9.17) is 5.73 Å². The normalized spacial score (nSPS) is 10.9. The first kappa shape index (κ1) is 12.3. The molecule has 0 radical (unpaired) electrons. The average Bonchev–Trinajstić information content (AvgIpc) is 2.25. The first-order chi connectivity index (χ1) is 7.26. The van der Waals surface area contributed by atoms with Crippen LogP contribution in [0.3, 0.4) is 0 Å². The summed E-state index contributed by atoms with van der Waals surface area (Å²) < 4.78 is 0. The van der Waals surface area contributed by atoms with Crippen molar-refractivity contribution in [2.75, 3.05) is 31.1 Å². The Bertz CT molecular complexity index is 289. The van der Waals surface area contributed by atoms with E-state index in [1.165, 1.54) is 0 Å². The van der Waals surface area contributed by atoms with Gasteiger partial charge in [-0.25, -0.2) is 4.98 Å². The highest BCUT2D eigenvalue weighted by molar-refractivity contribution is 7.99. The number of nitrogen functional groups attached to an aromatic ring is 1. The summed E-state index contributed by atoms with van der Waals surface area (Å²) in [6.45, 7) is 7.62. The van der Waals surface area contributed by atoms with Crippen LogP contribution in [-0.2, 0) is 0 Å². The van der Waals surface area contributed by atoms with Gasteiger partial charge in [0.05, 0.1) is 12.4 Å². The van der Waals surface area contributed by atoms with E-state index in [-0.39, 0.29) is 0 Å². The van der Waals surface area contributed by atoms with Crippen molar-refractivity contribution in [2.24, 2.45) is 0 Å². The number of hydrogen-bond donors (Lipinski definition) is 1. The van der Waals surface area contributed by atoms with Gasteiger partial charge in [0.15, 0.2) is 0 Å². The molecule has 0 fully saturated rings. The van der Waals surface area contributed by atoms with Crippen LogP contribution in [0.25, 0.3) is 0 Å². The zero-order valence-electron chi connectivity index (χ0n) is 9.31. The Morgan fingerprint density at radius 2 is 2.07 bits per heavy atom. The smallest absolute Gasteiger partial charge is 0.143 e. The number of aromatic nitrogens is 2. The minimum Gasteiger partial charge on any atom is -0.382 e. The van der Waals surface area contributed by atoms with Crippen molar-refractivity contribution in [3.63, 3.8) is 0 Å². The zero-order chi connectivity index (χ0) is 11.1. The molecule has 0 amide bonds. The van der Waals surface area contributed by atoms with Gasteiger partial charge in [0, 0.05) is 12.3 Å². The highest BCUT2D eigenvalue weighted by Gasteiger charge is 2.01. The molecular weight excluding hydrogens is 208 g/mol. The van der Waals surface area contributed by atoms with Crippen molar-refractivity contribution in [1.29, 1.82) is 0 Å². The van der Waals surface area contributed by atoms with Crippen LogP contribution in [-0.4, -0.2) is 40.3 Å². The highest BCUT2D eigenvalue weighted by Crippen LogP contribution is 2.14. The monoisotopic (exact) mass is 226 g/mol. The van der Waals surface area contributed by atoms with E-state index in [1.807, 2.05) is 0 Å². The number of thioether (sulfide) groups is 1. The summed E-state index contributed by atoms with van der Waals surface area (Å²) >= 11 is 1.70. The van der Waals surface area contributed by atoms with Crippen molar-refractivity contribution in [3.05, 3.63) is 12.4 Å². The van der Waals surface area contributed by atoms with Crippen molar-refractivity contribution in [1.82, 2.24) is 14.9 Å². The van der Waals surface area contributed by atoms with Crippen LogP contribution in [0.15, 0.2) is 17.4 Å². The van der Waals surface area contributed by atoms with Crippen molar-refractivity contribution in [2.45, 2.75) is 18.9 Å². The summed E-state index contributed by atoms with van der Waals surface area (Å²) in [5, 5.41) is 0.905. The molecule has 84 valence electrons. The van der Waals surface area contributed by atoms with E-state index >= 15 is 0 Å². The third-order valence-electron chi connectivity index (χ3n) is 2.18. The van der Waals surface area contributed by atoms with E-state index in [2.05, 4.69) is 28.7 Å². The molecule has 1 rings (SSSR count). The van der Waals surface area contributed by atoms with Gasteiger partial charge in [-0.2, -0.15) is 0 Å². The molecule has 0 atom stereocenters. The van der Waals surface area contributed by atoms with Crippen molar-refractivity contribution < 1.29 is 0 Å². The largest absolute Gasteiger partial charge is 0.382 e. The summed E-state index contributed by atoms with van der Waals surface area (Å²) in [6, 6.07) is 0. The molecule has 1 heterocycles. The summed E-state index contributed by atoms with van der Waals surface area (Å²) in [5.41, 5.74) is 5.55. The average molecular weight is 226 g/mol. The lowest BCUT2D eigenvalue weighted by molar-refractivity contribution is 0.324. The SMILES string of the molecule is CCN(CC)CCSc1cncc(N)n1. The standard InChI is InChI=1S/C10H18N4S/c1-3-14(4-2)5-6-15-10-8-12-7-9(11)13-10/h7-8H,3-6H2,1-2H3,(H2,11,13). The summed E-state index contributed by atoms with van der Waals surface area (Å²) in [4.78, 5) is 10.6. The molecule has 4 nitrogen and oxygen atoms in total. The molecule has 15 heavy (non-hydrogen) atoms. The molecule has 0 aromatic carbocycles. The molecule has 0 spiro atoms. The predicted octanol–water partition coefficient (Wildman–Crippen LogP) is 1.49. The Kier molecular flexibility index (Phi) is 5.42. The molecule has 0 unspecified atom stereocenters. The fourth-order valence-electron chi connectivity index (χ4n) is 1.25. The lowest BCUT2D eigenvalue weighted by Crippen LogP contribution is -2.25.